The maximum absolute atomic E-state index is 11.7. The van der Waals surface area contributed by atoms with Gasteiger partial charge in [0.2, 0.25) is 0 Å². The summed E-state index contributed by atoms with van der Waals surface area (Å²) >= 11 is 0. The second-order valence-corrected chi connectivity index (χ2v) is 11.1. The van der Waals surface area contributed by atoms with Crippen LogP contribution in [0.5, 0.6) is 17.2 Å². The van der Waals surface area contributed by atoms with Gasteiger partial charge in [-0.05, 0) is 43.4 Å². The second kappa shape index (κ2) is 15.3. The van der Waals surface area contributed by atoms with Crippen LogP contribution in [0.4, 0.5) is 10.5 Å². The van der Waals surface area contributed by atoms with Crippen molar-refractivity contribution in [3.8, 4) is 17.2 Å². The molecule has 0 unspecified atom stereocenters. The van der Waals surface area contributed by atoms with Gasteiger partial charge in [0.25, 0.3) is 0 Å². The van der Waals surface area contributed by atoms with Crippen LogP contribution in [0.1, 0.15) is 52.5 Å². The van der Waals surface area contributed by atoms with E-state index >= 15 is 0 Å². The Labute approximate surface area is 237 Å². The lowest BCUT2D eigenvalue weighted by molar-refractivity contribution is -0.0638. The number of hydrogen-bond donors (Lipinski definition) is 6. The van der Waals surface area contributed by atoms with Crippen molar-refractivity contribution in [1.82, 2.24) is 0 Å². The molecule has 9 atom stereocenters. The number of aliphatic hydroxyl groups excluding tert-OH is 2. The van der Waals surface area contributed by atoms with Gasteiger partial charge in [0, 0.05) is 31.8 Å². The third-order valence-electron chi connectivity index (χ3n) is 7.82. The quantitative estimate of drug-likeness (QED) is 0.179. The van der Waals surface area contributed by atoms with Crippen LogP contribution in [0.2, 0.25) is 0 Å². The third-order valence-corrected chi connectivity index (χ3v) is 7.82. The van der Waals surface area contributed by atoms with E-state index in [-0.39, 0.29) is 46.6 Å². The van der Waals surface area contributed by atoms with E-state index in [9.17, 15) is 25.2 Å². The molecular weight excluding hydrogens is 520 g/mol. The Bertz CT molecular complexity index is 989. The van der Waals surface area contributed by atoms with Crippen LogP contribution in [0, 0.1) is 23.7 Å². The van der Waals surface area contributed by atoms with E-state index in [0.717, 1.165) is 0 Å². The molecule has 40 heavy (non-hydrogen) atoms. The van der Waals surface area contributed by atoms with Gasteiger partial charge in [0.15, 0.2) is 11.5 Å². The summed E-state index contributed by atoms with van der Waals surface area (Å²) in [5, 5.41) is 46.7. The van der Waals surface area contributed by atoms with E-state index in [1.165, 1.54) is 27.4 Å². The van der Waals surface area contributed by atoms with Crippen LogP contribution in [-0.2, 0) is 20.6 Å². The van der Waals surface area contributed by atoms with Crippen molar-refractivity contribution in [3.63, 3.8) is 0 Å². The minimum atomic E-state index is -1.07. The molecule has 228 valence electrons. The number of primary amides is 1. The van der Waals surface area contributed by atoms with Crippen molar-refractivity contribution in [2.75, 3.05) is 26.6 Å². The molecule has 1 amide bonds. The van der Waals surface area contributed by atoms with Crippen LogP contribution in [-0.4, -0.2) is 78.5 Å². The maximum atomic E-state index is 11.7. The van der Waals surface area contributed by atoms with Gasteiger partial charge in [0.1, 0.15) is 24.2 Å². The number of amides is 1. The van der Waals surface area contributed by atoms with Crippen molar-refractivity contribution in [3.05, 3.63) is 23.8 Å². The number of fused-ring (bicyclic) bond motifs is 2. The van der Waals surface area contributed by atoms with Crippen molar-refractivity contribution in [2.24, 2.45) is 29.4 Å². The van der Waals surface area contributed by atoms with Gasteiger partial charge < -0.3 is 50.4 Å². The number of anilines is 1. The number of phenols is 2. The Hall–Kier alpha value is -2.73. The number of carbonyl (C=O) groups excluding carboxylic acids is 1. The summed E-state index contributed by atoms with van der Waals surface area (Å²) in [5.41, 5.74) is 5.93. The van der Waals surface area contributed by atoms with Gasteiger partial charge in [-0.2, -0.15) is 0 Å². The number of nitrogens with two attached hydrogens (primary N) is 1. The molecule has 0 radical (unpaired) electrons. The number of allylic oxidation sites excluding steroid dienone is 1. The molecule has 0 fully saturated rings. The summed E-state index contributed by atoms with van der Waals surface area (Å²) in [6, 6.07) is 1.31. The average Bonchev–Trinajstić information content (AvgIpc) is 2.90. The lowest BCUT2D eigenvalue weighted by Crippen LogP contribution is -2.41. The van der Waals surface area contributed by atoms with E-state index in [1.54, 1.807) is 6.08 Å². The Morgan fingerprint density at radius 3 is 2.25 bits per heavy atom. The summed E-state index contributed by atoms with van der Waals surface area (Å²) in [6.45, 7) is 7.59. The molecule has 0 saturated heterocycles. The number of aliphatic hydroxyl groups is 2. The monoisotopic (exact) mass is 568 g/mol. The lowest BCUT2D eigenvalue weighted by Gasteiger charge is -2.33. The summed E-state index contributed by atoms with van der Waals surface area (Å²) < 4.78 is 22.2. The molecule has 1 aliphatic rings. The number of carbonyl (C=O) groups is 1. The average molecular weight is 569 g/mol. The first kappa shape index (κ1) is 33.5. The Morgan fingerprint density at radius 1 is 1.00 bits per heavy atom. The SMILES string of the molecule is COc1c(O)cc2c(O)c1C[C@@H](C)C[C@H](OC)[C@H](O)[C@@H](C)C[C@@H](C)[C@H](OC(N)=O)[C@@H](OC)/C=C\C[C@H](C)[C@H](O)N2. The molecule has 0 aliphatic carbocycles. The molecule has 1 aromatic rings. The number of rotatable bonds is 4. The van der Waals surface area contributed by atoms with E-state index in [4.69, 9.17) is 24.7 Å². The minimum Gasteiger partial charge on any atom is -0.505 e. The maximum Gasteiger partial charge on any atom is 0.404 e. The number of nitrogens with one attached hydrogen (secondary N) is 1. The van der Waals surface area contributed by atoms with Crippen molar-refractivity contribution < 1.29 is 44.2 Å². The highest BCUT2D eigenvalue weighted by molar-refractivity contribution is 5.69. The van der Waals surface area contributed by atoms with E-state index in [0.29, 0.717) is 31.2 Å². The number of benzene rings is 1. The molecule has 1 aliphatic heterocycles. The third kappa shape index (κ3) is 8.63. The van der Waals surface area contributed by atoms with E-state index in [2.05, 4.69) is 5.32 Å². The van der Waals surface area contributed by atoms with Crippen molar-refractivity contribution in [2.45, 2.75) is 84.0 Å². The van der Waals surface area contributed by atoms with Gasteiger partial charge in [-0.25, -0.2) is 4.79 Å². The number of phenolic OH excluding ortho intramolecular Hbond substituents is 2. The smallest absolute Gasteiger partial charge is 0.404 e. The number of hydrogen-bond acceptors (Lipinski definition) is 10. The van der Waals surface area contributed by atoms with E-state index < -0.39 is 36.7 Å². The molecule has 1 aromatic carbocycles. The van der Waals surface area contributed by atoms with Gasteiger partial charge in [-0.15, -0.1) is 0 Å². The predicted molar refractivity (Wildman–Crippen MR) is 151 cm³/mol. The molecule has 11 nitrogen and oxygen atoms in total. The summed E-state index contributed by atoms with van der Waals surface area (Å²) in [5.74, 6) is -1.03. The fourth-order valence-corrected chi connectivity index (χ4v) is 5.47. The van der Waals surface area contributed by atoms with Crippen LogP contribution < -0.4 is 15.8 Å². The summed E-state index contributed by atoms with van der Waals surface area (Å²) in [7, 11) is 4.45. The molecule has 1 heterocycles. The molecule has 0 saturated carbocycles. The molecule has 2 bridgehead atoms. The molecule has 0 aromatic heterocycles. The predicted octanol–water partition coefficient (Wildman–Crippen LogP) is 3.52. The molecular formula is C29H48N2O9. The number of methoxy groups -OCH3 is 3. The first-order chi connectivity index (χ1) is 18.8. The van der Waals surface area contributed by atoms with Crippen LogP contribution >= 0.6 is 0 Å². The first-order valence-electron chi connectivity index (χ1n) is 13.8. The Balaban J connectivity index is 2.53. The van der Waals surface area contributed by atoms with Crippen LogP contribution in [0.25, 0.3) is 0 Å². The molecule has 7 N–H and O–H groups in total. The normalized spacial score (nSPS) is 33.5. The minimum absolute atomic E-state index is 0.0994. The van der Waals surface area contributed by atoms with Gasteiger partial charge >= 0.3 is 6.09 Å². The first-order valence-corrected chi connectivity index (χ1v) is 13.8. The van der Waals surface area contributed by atoms with Gasteiger partial charge in [0.05, 0.1) is 25.0 Å². The summed E-state index contributed by atoms with van der Waals surface area (Å²) in [6.07, 6.45) is 0.573. The highest BCUT2D eigenvalue weighted by Crippen LogP contribution is 2.44. The zero-order valence-corrected chi connectivity index (χ0v) is 24.7. The fraction of sp³-hybridized carbons (Fsp3) is 0.690. The lowest BCUT2D eigenvalue weighted by atomic mass is 9.83. The largest absolute Gasteiger partial charge is 0.505 e. The highest BCUT2D eigenvalue weighted by atomic mass is 16.6. The number of aromatic hydroxyl groups is 2. The van der Waals surface area contributed by atoms with Crippen molar-refractivity contribution in [1.29, 1.82) is 0 Å². The van der Waals surface area contributed by atoms with Crippen LogP contribution in [0.3, 0.4) is 0 Å². The fourth-order valence-electron chi connectivity index (χ4n) is 5.47. The van der Waals surface area contributed by atoms with Gasteiger partial charge in [-0.3, -0.25) is 0 Å². The second-order valence-electron chi connectivity index (χ2n) is 11.1. The molecule has 2 rings (SSSR count). The Kier molecular flexibility index (Phi) is 12.8. The zero-order valence-electron chi connectivity index (χ0n) is 24.7. The standard InChI is InChI=1S/C29H48N2O9/c1-15-11-19-25(34)20(14-21(32)27(19)39-7)31-28(35)16(2)9-8-10-22(37-5)26(40-29(30)36)18(4)13-17(3)24(33)23(12-15)38-6/h8,10,14-18,22-24,26,28,31-35H,9,11-13H2,1-7H3,(H2,30,36)/b10-8-/t15-,16+,17+,18-,22+,23+,24-,26+,28+/m1/s1. The van der Waals surface area contributed by atoms with E-state index in [1.807, 2.05) is 33.8 Å². The highest BCUT2D eigenvalue weighted by Gasteiger charge is 2.34. The number of ether oxygens (including phenoxy) is 4. The molecule has 11 heteroatoms. The van der Waals surface area contributed by atoms with Crippen LogP contribution in [0.15, 0.2) is 18.2 Å². The topological polar surface area (TPSA) is 173 Å². The Morgan fingerprint density at radius 2 is 1.68 bits per heavy atom. The summed E-state index contributed by atoms with van der Waals surface area (Å²) in [4.78, 5) is 11.7. The van der Waals surface area contributed by atoms with Gasteiger partial charge in [-0.1, -0.05) is 39.8 Å². The zero-order chi connectivity index (χ0) is 30.1. The van der Waals surface area contributed by atoms with Crippen molar-refractivity contribution >= 4 is 11.8 Å². The molecule has 0 spiro atoms.